The maximum atomic E-state index is 12.2. The maximum absolute atomic E-state index is 12.2. The minimum atomic E-state index is -0.911. The molecule has 0 saturated heterocycles. The molecule has 0 radical (unpaired) electrons. The van der Waals surface area contributed by atoms with Crippen LogP contribution >= 0.6 is 0 Å². The zero-order valence-corrected chi connectivity index (χ0v) is 15.9. The van der Waals surface area contributed by atoms with E-state index in [2.05, 4.69) is 10.6 Å². The van der Waals surface area contributed by atoms with E-state index >= 15 is 0 Å². The number of likely N-dealkylation sites (N-methyl/N-ethyl adjacent to an activating group) is 1. The molecule has 1 rings (SSSR count). The van der Waals surface area contributed by atoms with Gasteiger partial charge in [0.1, 0.15) is 5.54 Å². The van der Waals surface area contributed by atoms with E-state index in [0.717, 1.165) is 24.9 Å². The fourth-order valence-electron chi connectivity index (χ4n) is 2.38. The number of aryl methyl sites for hydroxylation is 1. The van der Waals surface area contributed by atoms with Gasteiger partial charge in [0.2, 0.25) is 11.8 Å². The lowest BCUT2D eigenvalue weighted by Crippen LogP contribution is -2.55. The first-order valence-electron chi connectivity index (χ1n) is 8.76. The lowest BCUT2D eigenvalue weighted by Gasteiger charge is -2.25. The lowest BCUT2D eigenvalue weighted by molar-refractivity contribution is -0.132. The number of hydrogen-bond donors (Lipinski definition) is 3. The number of carbonyl (C=O) groups is 2. The van der Waals surface area contributed by atoms with Gasteiger partial charge in [-0.25, -0.2) is 0 Å². The smallest absolute Gasteiger partial charge is 0.245 e. The molecule has 6 heteroatoms. The number of benzene rings is 1. The van der Waals surface area contributed by atoms with Crippen LogP contribution in [0.4, 0.5) is 0 Å². The van der Waals surface area contributed by atoms with Crippen molar-refractivity contribution in [3.8, 4) is 0 Å². The average Bonchev–Trinajstić information content (AvgIpc) is 2.54. The molecular formula is C19H32N4O2. The van der Waals surface area contributed by atoms with Gasteiger partial charge in [-0.15, -0.1) is 0 Å². The molecule has 0 bridgehead atoms. The van der Waals surface area contributed by atoms with E-state index in [1.54, 1.807) is 13.8 Å². The summed E-state index contributed by atoms with van der Waals surface area (Å²) in [6.07, 6.45) is 1.97. The molecule has 6 nitrogen and oxygen atoms in total. The number of carbonyl (C=O) groups excluding carboxylic acids is 2. The van der Waals surface area contributed by atoms with Crippen LogP contribution < -0.4 is 16.4 Å². The van der Waals surface area contributed by atoms with Gasteiger partial charge in [0.15, 0.2) is 0 Å². The van der Waals surface area contributed by atoms with E-state index in [-0.39, 0.29) is 11.8 Å². The van der Waals surface area contributed by atoms with Crippen molar-refractivity contribution in [1.82, 2.24) is 15.5 Å². The monoisotopic (exact) mass is 348 g/mol. The third kappa shape index (κ3) is 8.14. The van der Waals surface area contributed by atoms with E-state index in [4.69, 9.17) is 5.73 Å². The lowest BCUT2D eigenvalue weighted by atomic mass is 10.0. The van der Waals surface area contributed by atoms with Crippen LogP contribution in [0.25, 0.3) is 0 Å². The predicted molar refractivity (Wildman–Crippen MR) is 101 cm³/mol. The highest BCUT2D eigenvalue weighted by atomic mass is 16.2. The fourth-order valence-corrected chi connectivity index (χ4v) is 2.38. The van der Waals surface area contributed by atoms with Crippen LogP contribution in [0.2, 0.25) is 0 Å². The van der Waals surface area contributed by atoms with Crippen LogP contribution in [0.15, 0.2) is 24.3 Å². The highest BCUT2D eigenvalue weighted by Gasteiger charge is 2.28. The van der Waals surface area contributed by atoms with Crippen molar-refractivity contribution in [2.75, 3.05) is 27.2 Å². The van der Waals surface area contributed by atoms with Gasteiger partial charge in [-0.2, -0.15) is 0 Å². The second-order valence-electron chi connectivity index (χ2n) is 7.11. The molecule has 0 saturated carbocycles. The Hall–Kier alpha value is -1.92. The van der Waals surface area contributed by atoms with Gasteiger partial charge in [0.05, 0.1) is 0 Å². The van der Waals surface area contributed by atoms with Gasteiger partial charge in [0.25, 0.3) is 0 Å². The largest absolute Gasteiger partial charge is 0.353 e. The van der Waals surface area contributed by atoms with E-state index in [9.17, 15) is 9.59 Å². The second-order valence-corrected chi connectivity index (χ2v) is 7.11. The molecular weight excluding hydrogens is 316 g/mol. The second kappa shape index (κ2) is 10.2. The van der Waals surface area contributed by atoms with Crippen LogP contribution in [0.5, 0.6) is 0 Å². The number of nitrogens with zero attached hydrogens (tertiary/aromatic N) is 1. The Bertz CT molecular complexity index is 553. The zero-order valence-electron chi connectivity index (χ0n) is 15.9. The molecule has 1 aromatic rings. The molecule has 0 unspecified atom stereocenters. The van der Waals surface area contributed by atoms with Gasteiger partial charge in [-0.3, -0.25) is 9.59 Å². The average molecular weight is 348 g/mol. The van der Waals surface area contributed by atoms with E-state index in [1.165, 1.54) is 5.56 Å². The molecule has 2 amide bonds. The Labute approximate surface area is 151 Å². The molecule has 0 aliphatic rings. The molecule has 25 heavy (non-hydrogen) atoms. The van der Waals surface area contributed by atoms with Crippen LogP contribution in [-0.4, -0.2) is 49.4 Å². The van der Waals surface area contributed by atoms with Crippen molar-refractivity contribution >= 4 is 11.8 Å². The number of nitrogens with two attached hydrogens (primary N) is 1. The van der Waals surface area contributed by atoms with E-state index < -0.39 is 5.54 Å². The third-order valence-corrected chi connectivity index (χ3v) is 3.99. The summed E-state index contributed by atoms with van der Waals surface area (Å²) >= 11 is 0. The van der Waals surface area contributed by atoms with Crippen molar-refractivity contribution < 1.29 is 9.59 Å². The van der Waals surface area contributed by atoms with E-state index in [1.807, 2.05) is 43.3 Å². The zero-order chi connectivity index (χ0) is 18.9. The molecule has 4 N–H and O–H groups in total. The number of nitrogens with one attached hydrogen (secondary N) is 2. The Morgan fingerprint density at radius 2 is 1.72 bits per heavy atom. The Morgan fingerprint density at radius 3 is 2.28 bits per heavy atom. The fraction of sp³-hybridized carbons (Fsp3) is 0.579. The molecule has 0 spiro atoms. The summed E-state index contributed by atoms with van der Waals surface area (Å²) in [7, 11) is 3.89. The minimum absolute atomic E-state index is 0.105. The molecule has 0 heterocycles. The summed E-state index contributed by atoms with van der Waals surface area (Å²) in [4.78, 5) is 26.3. The minimum Gasteiger partial charge on any atom is -0.353 e. The van der Waals surface area contributed by atoms with Gasteiger partial charge in [-0.1, -0.05) is 24.3 Å². The van der Waals surface area contributed by atoms with Crippen molar-refractivity contribution in [2.24, 2.45) is 5.73 Å². The molecule has 0 aromatic heterocycles. The highest BCUT2D eigenvalue weighted by molar-refractivity contribution is 5.90. The molecule has 0 aliphatic heterocycles. The van der Waals surface area contributed by atoms with Gasteiger partial charge < -0.3 is 21.3 Å². The van der Waals surface area contributed by atoms with Crippen LogP contribution in [0.1, 0.15) is 37.8 Å². The molecule has 0 aliphatic carbocycles. The molecule has 0 atom stereocenters. The third-order valence-electron chi connectivity index (χ3n) is 3.99. The summed E-state index contributed by atoms with van der Waals surface area (Å²) in [5, 5.41) is 5.66. The summed E-state index contributed by atoms with van der Waals surface area (Å²) < 4.78 is 0. The summed E-state index contributed by atoms with van der Waals surface area (Å²) in [5.74, 6) is -0.272. The maximum Gasteiger partial charge on any atom is 0.245 e. The van der Waals surface area contributed by atoms with Crippen molar-refractivity contribution in [3.05, 3.63) is 35.4 Å². The number of rotatable bonds is 10. The van der Waals surface area contributed by atoms with Gasteiger partial charge in [-0.05, 0) is 51.9 Å². The number of amides is 2. The van der Waals surface area contributed by atoms with Gasteiger partial charge >= 0.3 is 0 Å². The quantitative estimate of drug-likeness (QED) is 0.590. The Balaban J connectivity index is 2.34. The van der Waals surface area contributed by atoms with Crippen molar-refractivity contribution in [3.63, 3.8) is 0 Å². The summed E-state index contributed by atoms with van der Waals surface area (Å²) in [5.41, 5.74) is 6.96. The molecule has 1 aromatic carbocycles. The summed E-state index contributed by atoms with van der Waals surface area (Å²) in [6.45, 7) is 5.31. The highest BCUT2D eigenvalue weighted by Crippen LogP contribution is 2.09. The first-order valence-corrected chi connectivity index (χ1v) is 8.76. The predicted octanol–water partition coefficient (Wildman–Crippen LogP) is 1.04. The van der Waals surface area contributed by atoms with Crippen molar-refractivity contribution in [1.29, 1.82) is 0 Å². The standard InChI is InChI=1S/C19H32N4O2/c1-19(2,18(25)21-12-13-23(3)4)22-17(24)7-5-6-15-8-10-16(14-20)11-9-15/h8-11H,5-7,12-14,20H2,1-4H3,(H,21,25)(H,22,24). The SMILES string of the molecule is CN(C)CCNC(=O)C(C)(C)NC(=O)CCCc1ccc(CN)cc1. The first-order chi connectivity index (χ1) is 11.7. The number of hydrogen-bond acceptors (Lipinski definition) is 4. The van der Waals surface area contributed by atoms with Crippen molar-refractivity contribution in [2.45, 2.75) is 45.2 Å². The van der Waals surface area contributed by atoms with E-state index in [0.29, 0.717) is 19.5 Å². The van der Waals surface area contributed by atoms with Gasteiger partial charge in [0, 0.05) is 26.1 Å². The Morgan fingerprint density at radius 1 is 1.12 bits per heavy atom. The van der Waals surface area contributed by atoms with Crippen LogP contribution in [0, 0.1) is 0 Å². The normalized spacial score (nSPS) is 11.4. The Kier molecular flexibility index (Phi) is 8.58. The van der Waals surface area contributed by atoms with Crippen LogP contribution in [-0.2, 0) is 22.6 Å². The topological polar surface area (TPSA) is 87.5 Å². The van der Waals surface area contributed by atoms with Crippen LogP contribution in [0.3, 0.4) is 0 Å². The summed E-state index contributed by atoms with van der Waals surface area (Å²) in [6, 6.07) is 8.11. The molecule has 0 fully saturated rings. The first kappa shape index (κ1) is 21.1. The molecule has 140 valence electrons.